The van der Waals surface area contributed by atoms with Crippen molar-refractivity contribution in [3.05, 3.63) is 59.9 Å². The first-order valence-electron chi connectivity index (χ1n) is 7.03. The Hall–Kier alpha value is -2.36. The van der Waals surface area contributed by atoms with E-state index in [-0.39, 0.29) is 6.61 Å². The van der Waals surface area contributed by atoms with E-state index in [2.05, 4.69) is 4.98 Å². The molecule has 4 nitrogen and oxygen atoms in total. The van der Waals surface area contributed by atoms with Crippen LogP contribution < -0.4 is 4.74 Å². The van der Waals surface area contributed by atoms with Gasteiger partial charge in [0.05, 0.1) is 0 Å². The highest BCUT2D eigenvalue weighted by Gasteiger charge is 2.42. The first-order chi connectivity index (χ1) is 10.2. The number of aryl methyl sites for hydroxylation is 1. The fraction of sp³-hybridized carbons (Fsp3) is 0.294. The number of benzene rings is 1. The van der Waals surface area contributed by atoms with E-state index in [0.29, 0.717) is 19.3 Å². The molecule has 108 valence electrons. The molecule has 0 bridgehead atoms. The van der Waals surface area contributed by atoms with Crippen LogP contribution in [0.15, 0.2) is 48.8 Å². The molecule has 0 saturated carbocycles. The maximum atomic E-state index is 11.8. The Morgan fingerprint density at radius 1 is 1.29 bits per heavy atom. The zero-order chi connectivity index (χ0) is 14.7. The average molecular weight is 283 g/mol. The van der Waals surface area contributed by atoms with Crippen molar-refractivity contribution in [3.63, 3.8) is 0 Å². The van der Waals surface area contributed by atoms with Gasteiger partial charge in [-0.1, -0.05) is 24.3 Å². The van der Waals surface area contributed by atoms with Crippen molar-refractivity contribution in [2.24, 2.45) is 5.41 Å². The molecule has 0 amide bonds. The summed E-state index contributed by atoms with van der Waals surface area (Å²) in [5.74, 6) is 0.0108. The normalized spacial score (nSPS) is 20.4. The molecule has 3 rings (SSSR count). The summed E-state index contributed by atoms with van der Waals surface area (Å²) in [7, 11) is 0. The lowest BCUT2D eigenvalue weighted by Crippen LogP contribution is -2.42. The summed E-state index contributed by atoms with van der Waals surface area (Å²) in [6.45, 7) is 0.222. The van der Waals surface area contributed by atoms with Crippen LogP contribution in [0.25, 0.3) is 0 Å². The third-order valence-corrected chi connectivity index (χ3v) is 4.07. The van der Waals surface area contributed by atoms with Crippen molar-refractivity contribution in [1.82, 2.24) is 4.98 Å². The van der Waals surface area contributed by atoms with Gasteiger partial charge < -0.3 is 9.84 Å². The molecule has 1 aliphatic heterocycles. The van der Waals surface area contributed by atoms with Crippen LogP contribution in [0.3, 0.4) is 0 Å². The van der Waals surface area contributed by atoms with Gasteiger partial charge in [0.25, 0.3) is 0 Å². The van der Waals surface area contributed by atoms with Crippen LogP contribution in [0.1, 0.15) is 17.5 Å². The third kappa shape index (κ3) is 2.75. The number of hydrogen-bond acceptors (Lipinski definition) is 3. The van der Waals surface area contributed by atoms with Gasteiger partial charge in [0.1, 0.15) is 17.8 Å². The van der Waals surface area contributed by atoms with Gasteiger partial charge >= 0.3 is 5.97 Å². The molecule has 4 heteroatoms. The van der Waals surface area contributed by atoms with Crippen LogP contribution in [0.4, 0.5) is 0 Å². The molecule has 0 saturated heterocycles. The molecule has 0 aliphatic carbocycles. The molecular weight excluding hydrogens is 266 g/mol. The van der Waals surface area contributed by atoms with Crippen LogP contribution in [0, 0.1) is 5.41 Å². The molecule has 1 N–H and O–H groups in total. The zero-order valence-electron chi connectivity index (χ0n) is 11.7. The first kappa shape index (κ1) is 13.6. The van der Waals surface area contributed by atoms with Crippen LogP contribution in [0.5, 0.6) is 5.75 Å². The van der Waals surface area contributed by atoms with Gasteiger partial charge in [-0.25, -0.2) is 0 Å². The maximum Gasteiger partial charge on any atom is 0.313 e. The summed E-state index contributed by atoms with van der Waals surface area (Å²) in [6, 6.07) is 11.5. The Labute approximate surface area is 123 Å². The van der Waals surface area contributed by atoms with Crippen molar-refractivity contribution in [2.75, 3.05) is 6.61 Å². The summed E-state index contributed by atoms with van der Waals surface area (Å²) in [5.41, 5.74) is 1.17. The van der Waals surface area contributed by atoms with Gasteiger partial charge in [-0.3, -0.25) is 9.78 Å². The third-order valence-electron chi connectivity index (χ3n) is 4.07. The largest absolute Gasteiger partial charge is 0.492 e. The number of carbonyl (C=O) groups is 1. The molecule has 1 aromatic carbocycles. The molecule has 1 aromatic heterocycles. The fourth-order valence-corrected chi connectivity index (χ4v) is 2.76. The van der Waals surface area contributed by atoms with Crippen LogP contribution in [-0.2, 0) is 17.6 Å². The second-order valence-corrected chi connectivity index (χ2v) is 5.52. The predicted octanol–water partition coefficient (Wildman–Crippen LogP) is 2.72. The van der Waals surface area contributed by atoms with E-state index in [4.69, 9.17) is 4.74 Å². The molecule has 1 atom stereocenters. The molecule has 0 fully saturated rings. The van der Waals surface area contributed by atoms with Crippen molar-refractivity contribution < 1.29 is 14.6 Å². The minimum absolute atomic E-state index is 0.222. The predicted molar refractivity (Wildman–Crippen MR) is 78.3 cm³/mol. The smallest absolute Gasteiger partial charge is 0.313 e. The van der Waals surface area contributed by atoms with E-state index in [1.165, 1.54) is 0 Å². The molecule has 0 spiro atoms. The summed E-state index contributed by atoms with van der Waals surface area (Å²) < 4.78 is 5.69. The Balaban J connectivity index is 1.80. The van der Waals surface area contributed by atoms with E-state index in [1.54, 1.807) is 12.4 Å². The van der Waals surface area contributed by atoms with Gasteiger partial charge in [-0.05, 0) is 42.5 Å². The maximum absolute atomic E-state index is 11.8. The lowest BCUT2D eigenvalue weighted by Gasteiger charge is -2.34. The Morgan fingerprint density at radius 3 is 2.90 bits per heavy atom. The van der Waals surface area contributed by atoms with E-state index >= 15 is 0 Å². The second-order valence-electron chi connectivity index (χ2n) is 5.52. The highest BCUT2D eigenvalue weighted by atomic mass is 16.5. The van der Waals surface area contributed by atoms with E-state index in [1.807, 2.05) is 36.4 Å². The van der Waals surface area contributed by atoms with Crippen LogP contribution >= 0.6 is 0 Å². The van der Waals surface area contributed by atoms with Crippen molar-refractivity contribution in [3.8, 4) is 5.75 Å². The minimum Gasteiger partial charge on any atom is -0.492 e. The van der Waals surface area contributed by atoms with Crippen molar-refractivity contribution in [2.45, 2.75) is 19.3 Å². The van der Waals surface area contributed by atoms with Crippen molar-refractivity contribution in [1.29, 1.82) is 0 Å². The average Bonchev–Trinajstić information content (AvgIpc) is 2.53. The Bertz CT molecular complexity index is 641. The molecule has 0 radical (unpaired) electrons. The number of para-hydroxylation sites is 1. The lowest BCUT2D eigenvalue weighted by molar-refractivity contribution is -0.152. The van der Waals surface area contributed by atoms with Crippen LogP contribution in [-0.4, -0.2) is 22.7 Å². The van der Waals surface area contributed by atoms with E-state index in [0.717, 1.165) is 16.9 Å². The first-order valence-corrected chi connectivity index (χ1v) is 7.03. The number of rotatable bonds is 4. The highest BCUT2D eigenvalue weighted by molar-refractivity contribution is 5.76. The van der Waals surface area contributed by atoms with Gasteiger partial charge in [0.15, 0.2) is 0 Å². The number of hydrogen-bond donors (Lipinski definition) is 1. The standard InChI is InChI=1S/C17H17NO3/c19-16(20)17(8-7-13-4-3-9-18-11-13)10-14-5-1-2-6-15(14)21-12-17/h1-6,9,11H,7-8,10,12H2,(H,19,20). The number of nitrogens with zero attached hydrogens (tertiary/aromatic N) is 1. The molecule has 2 aromatic rings. The highest BCUT2D eigenvalue weighted by Crippen LogP contribution is 2.38. The van der Waals surface area contributed by atoms with Crippen molar-refractivity contribution >= 4 is 5.97 Å². The van der Waals surface area contributed by atoms with Gasteiger partial charge in [-0.2, -0.15) is 0 Å². The Kier molecular flexibility index (Phi) is 3.60. The number of fused-ring (bicyclic) bond motifs is 1. The molecule has 21 heavy (non-hydrogen) atoms. The SMILES string of the molecule is O=C(O)C1(CCc2cccnc2)COc2ccccc2C1. The molecule has 1 aliphatic rings. The number of aromatic nitrogens is 1. The number of aliphatic carboxylic acids is 1. The summed E-state index contributed by atoms with van der Waals surface area (Å²) in [5, 5.41) is 9.70. The second kappa shape index (κ2) is 5.56. The topological polar surface area (TPSA) is 59.4 Å². The van der Waals surface area contributed by atoms with Gasteiger partial charge in [0.2, 0.25) is 0 Å². The Morgan fingerprint density at radius 2 is 2.14 bits per heavy atom. The summed E-state index contributed by atoms with van der Waals surface area (Å²) in [6.07, 6.45) is 5.25. The lowest BCUT2D eigenvalue weighted by atomic mass is 9.76. The zero-order valence-corrected chi connectivity index (χ0v) is 11.7. The molecular formula is C17H17NO3. The van der Waals surface area contributed by atoms with E-state index in [9.17, 15) is 9.90 Å². The quantitative estimate of drug-likeness (QED) is 0.937. The van der Waals surface area contributed by atoms with E-state index < -0.39 is 11.4 Å². The number of ether oxygens (including phenoxy) is 1. The minimum atomic E-state index is -0.857. The number of carboxylic acids is 1. The van der Waals surface area contributed by atoms with Gasteiger partial charge in [-0.15, -0.1) is 0 Å². The summed E-state index contributed by atoms with van der Waals surface area (Å²) in [4.78, 5) is 15.9. The molecule has 2 heterocycles. The number of carboxylic acid groups (broad SMARTS) is 1. The molecule has 1 unspecified atom stereocenters. The fourth-order valence-electron chi connectivity index (χ4n) is 2.76. The monoisotopic (exact) mass is 283 g/mol. The number of pyridine rings is 1. The van der Waals surface area contributed by atoms with Crippen LogP contribution in [0.2, 0.25) is 0 Å². The summed E-state index contributed by atoms with van der Waals surface area (Å²) >= 11 is 0. The van der Waals surface area contributed by atoms with Gasteiger partial charge in [0, 0.05) is 12.4 Å².